The summed E-state index contributed by atoms with van der Waals surface area (Å²) in [6.45, 7) is 8.34. The molecule has 1 aliphatic heterocycles. The smallest absolute Gasteiger partial charge is 0.172 e. The fraction of sp³-hybridized carbons (Fsp3) is 0.724. The van der Waals surface area contributed by atoms with E-state index in [1.807, 2.05) is 12.1 Å². The molecule has 1 spiro atoms. The highest BCUT2D eigenvalue weighted by molar-refractivity contribution is 5.36. The van der Waals surface area contributed by atoms with Crippen molar-refractivity contribution in [1.82, 2.24) is 0 Å². The molecule has 0 bridgehead atoms. The number of aliphatic hydroxyl groups is 1. The van der Waals surface area contributed by atoms with Crippen molar-refractivity contribution < 1.29 is 19.7 Å². The second-order valence-corrected chi connectivity index (χ2v) is 12.8. The van der Waals surface area contributed by atoms with E-state index in [1.54, 1.807) is 11.1 Å². The highest BCUT2D eigenvalue weighted by atomic mass is 16.7. The van der Waals surface area contributed by atoms with Gasteiger partial charge >= 0.3 is 0 Å². The van der Waals surface area contributed by atoms with Crippen LogP contribution in [0.5, 0.6) is 5.75 Å². The second kappa shape index (κ2) is 7.57. The van der Waals surface area contributed by atoms with Crippen LogP contribution in [0.1, 0.15) is 83.6 Å². The van der Waals surface area contributed by atoms with Crippen LogP contribution in [0.25, 0.3) is 0 Å². The van der Waals surface area contributed by atoms with Crippen molar-refractivity contribution in [1.29, 1.82) is 0 Å². The first-order valence-electron chi connectivity index (χ1n) is 13.2. The molecule has 33 heavy (non-hydrogen) atoms. The SMILES string of the molecule is CC1(C)COC2(CCC3=C(CC[C@@H]4[C@@H]3[C@@H](c3ccc(O)cc3)C[C@]3(C)[C@@H](O)CC[C@@H]43)C2)OC1. The summed E-state index contributed by atoms with van der Waals surface area (Å²) < 4.78 is 12.8. The van der Waals surface area contributed by atoms with Crippen LogP contribution in [-0.2, 0) is 9.47 Å². The molecule has 0 radical (unpaired) electrons. The molecule has 1 heterocycles. The van der Waals surface area contributed by atoms with Crippen molar-refractivity contribution in [3.63, 3.8) is 0 Å². The number of phenolic OH excluding ortho intramolecular Hbond substituents is 1. The van der Waals surface area contributed by atoms with E-state index in [2.05, 4.69) is 32.9 Å². The number of benzene rings is 1. The minimum Gasteiger partial charge on any atom is -0.508 e. The monoisotopic (exact) mass is 452 g/mol. The quantitative estimate of drug-likeness (QED) is 0.518. The van der Waals surface area contributed by atoms with Crippen molar-refractivity contribution in [3.05, 3.63) is 41.0 Å². The maximum Gasteiger partial charge on any atom is 0.172 e. The molecule has 1 saturated heterocycles. The van der Waals surface area contributed by atoms with E-state index < -0.39 is 5.79 Å². The summed E-state index contributed by atoms with van der Waals surface area (Å²) in [6.07, 6.45) is 8.26. The lowest BCUT2D eigenvalue weighted by Crippen LogP contribution is -2.52. The van der Waals surface area contributed by atoms with Gasteiger partial charge in [-0.1, -0.05) is 44.1 Å². The van der Waals surface area contributed by atoms with Crippen molar-refractivity contribution >= 4 is 0 Å². The first kappa shape index (κ1) is 22.1. The van der Waals surface area contributed by atoms with Crippen LogP contribution in [0.2, 0.25) is 0 Å². The molecule has 5 aliphatic rings. The van der Waals surface area contributed by atoms with E-state index in [0.29, 0.717) is 29.4 Å². The zero-order valence-electron chi connectivity index (χ0n) is 20.5. The molecule has 4 nitrogen and oxygen atoms in total. The summed E-state index contributed by atoms with van der Waals surface area (Å²) in [5.74, 6) is 2.10. The Morgan fingerprint density at radius 1 is 0.939 bits per heavy atom. The van der Waals surface area contributed by atoms with E-state index in [0.717, 1.165) is 58.2 Å². The molecule has 6 atom stereocenters. The lowest BCUT2D eigenvalue weighted by Gasteiger charge is -2.56. The number of ether oxygens (including phenoxy) is 2. The van der Waals surface area contributed by atoms with Crippen molar-refractivity contribution in [2.45, 2.75) is 89.9 Å². The molecule has 1 aromatic carbocycles. The zero-order valence-corrected chi connectivity index (χ0v) is 20.5. The van der Waals surface area contributed by atoms with Crippen molar-refractivity contribution in [2.24, 2.45) is 28.6 Å². The Hall–Kier alpha value is -1.36. The highest BCUT2D eigenvalue weighted by Gasteiger charge is 2.59. The predicted molar refractivity (Wildman–Crippen MR) is 128 cm³/mol. The first-order valence-corrected chi connectivity index (χ1v) is 13.2. The lowest BCUT2D eigenvalue weighted by atomic mass is 9.49. The van der Waals surface area contributed by atoms with Gasteiger partial charge in [-0.2, -0.15) is 0 Å². The van der Waals surface area contributed by atoms with Crippen LogP contribution in [0, 0.1) is 28.6 Å². The Morgan fingerprint density at radius 2 is 1.67 bits per heavy atom. The average molecular weight is 453 g/mol. The summed E-state index contributed by atoms with van der Waals surface area (Å²) in [4.78, 5) is 0. The molecule has 2 saturated carbocycles. The van der Waals surface area contributed by atoms with Gasteiger partial charge in [-0.05, 0) is 85.3 Å². The van der Waals surface area contributed by atoms with Gasteiger partial charge in [0.2, 0.25) is 0 Å². The topological polar surface area (TPSA) is 58.9 Å². The Morgan fingerprint density at radius 3 is 2.39 bits per heavy atom. The van der Waals surface area contributed by atoms with Gasteiger partial charge < -0.3 is 19.7 Å². The molecule has 6 rings (SSSR count). The molecule has 4 heteroatoms. The summed E-state index contributed by atoms with van der Waals surface area (Å²) >= 11 is 0. The maximum absolute atomic E-state index is 11.0. The van der Waals surface area contributed by atoms with E-state index in [1.165, 1.54) is 12.0 Å². The fourth-order valence-corrected chi connectivity index (χ4v) is 8.32. The normalized spacial score (nSPS) is 41.4. The molecule has 0 amide bonds. The molecular formula is C29H40O4. The molecule has 180 valence electrons. The number of phenols is 1. The van der Waals surface area contributed by atoms with Gasteiger partial charge in [-0.3, -0.25) is 0 Å². The van der Waals surface area contributed by atoms with Gasteiger partial charge in [0.25, 0.3) is 0 Å². The van der Waals surface area contributed by atoms with Crippen molar-refractivity contribution in [2.75, 3.05) is 13.2 Å². The summed E-state index contributed by atoms with van der Waals surface area (Å²) in [5, 5.41) is 21.0. The number of hydrogen-bond donors (Lipinski definition) is 2. The first-order chi connectivity index (χ1) is 15.7. The maximum atomic E-state index is 11.0. The number of hydrogen-bond acceptors (Lipinski definition) is 4. The summed E-state index contributed by atoms with van der Waals surface area (Å²) in [6, 6.07) is 7.92. The standard InChI is InChI=1S/C29H40O4/c1-27(2)16-32-29(33-17-27)13-12-21-19(14-29)6-9-22-24-10-11-25(31)28(24,3)15-23(26(21)22)18-4-7-20(30)8-5-18/h4-5,7-8,22-26,30-31H,6,9-17H2,1-3H3/t22-,23+,24-,25-,26+,28-/m0/s1. The third-order valence-corrected chi connectivity index (χ3v) is 10.1. The molecule has 1 aromatic rings. The van der Waals surface area contributed by atoms with Gasteiger partial charge in [-0.25, -0.2) is 0 Å². The van der Waals surface area contributed by atoms with E-state index >= 15 is 0 Å². The van der Waals surface area contributed by atoms with Crippen LogP contribution in [-0.4, -0.2) is 35.3 Å². The Bertz CT molecular complexity index is 937. The number of allylic oxidation sites excluding steroid dienone is 1. The number of aliphatic hydroxyl groups excluding tert-OH is 1. The summed E-state index contributed by atoms with van der Waals surface area (Å²) in [5.41, 5.74) is 4.68. The van der Waals surface area contributed by atoms with Crippen LogP contribution in [0.15, 0.2) is 35.4 Å². The molecule has 0 unspecified atom stereocenters. The van der Waals surface area contributed by atoms with Crippen LogP contribution >= 0.6 is 0 Å². The largest absolute Gasteiger partial charge is 0.508 e. The van der Waals surface area contributed by atoms with E-state index in [4.69, 9.17) is 9.47 Å². The van der Waals surface area contributed by atoms with Gasteiger partial charge in [0.15, 0.2) is 5.79 Å². The minimum absolute atomic E-state index is 0.00114. The van der Waals surface area contributed by atoms with Gasteiger partial charge in [0, 0.05) is 18.3 Å². The van der Waals surface area contributed by atoms with E-state index in [-0.39, 0.29) is 16.9 Å². The second-order valence-electron chi connectivity index (χ2n) is 12.8. The number of fused-ring (bicyclic) bond motifs is 4. The zero-order chi connectivity index (χ0) is 23.0. The van der Waals surface area contributed by atoms with Crippen LogP contribution < -0.4 is 0 Å². The van der Waals surface area contributed by atoms with Gasteiger partial charge in [0.1, 0.15) is 5.75 Å². The van der Waals surface area contributed by atoms with Gasteiger partial charge in [0.05, 0.1) is 19.3 Å². The third kappa shape index (κ3) is 3.51. The highest BCUT2D eigenvalue weighted by Crippen LogP contribution is 2.65. The van der Waals surface area contributed by atoms with Crippen LogP contribution in [0.4, 0.5) is 0 Å². The summed E-state index contributed by atoms with van der Waals surface area (Å²) in [7, 11) is 0. The molecule has 0 aromatic heterocycles. The Balaban J connectivity index is 1.36. The average Bonchev–Trinajstić information content (AvgIpc) is 3.10. The Labute approximate surface area is 198 Å². The fourth-order valence-electron chi connectivity index (χ4n) is 8.32. The molecule has 2 N–H and O–H groups in total. The molecule has 4 aliphatic carbocycles. The minimum atomic E-state index is -0.415. The number of aromatic hydroxyl groups is 1. The van der Waals surface area contributed by atoms with Crippen molar-refractivity contribution in [3.8, 4) is 5.75 Å². The predicted octanol–water partition coefficient (Wildman–Crippen LogP) is 5.93. The molecule has 3 fully saturated rings. The lowest BCUT2D eigenvalue weighted by molar-refractivity contribution is -0.303. The van der Waals surface area contributed by atoms with Crippen LogP contribution in [0.3, 0.4) is 0 Å². The third-order valence-electron chi connectivity index (χ3n) is 10.1. The van der Waals surface area contributed by atoms with E-state index in [9.17, 15) is 10.2 Å². The number of rotatable bonds is 1. The van der Waals surface area contributed by atoms with Gasteiger partial charge in [-0.15, -0.1) is 0 Å². The molecular weight excluding hydrogens is 412 g/mol. The Kier molecular flexibility index (Phi) is 5.07.